The maximum absolute atomic E-state index is 6.08. The highest BCUT2D eigenvalue weighted by Gasteiger charge is 2.07. The van der Waals surface area contributed by atoms with Crippen LogP contribution in [0.4, 0.5) is 0 Å². The van der Waals surface area contributed by atoms with Crippen molar-refractivity contribution in [3.05, 3.63) is 34.9 Å². The van der Waals surface area contributed by atoms with Crippen LogP contribution in [0.2, 0.25) is 5.15 Å². The van der Waals surface area contributed by atoms with E-state index in [-0.39, 0.29) is 0 Å². The number of hydrogen-bond donors (Lipinski definition) is 3. The van der Waals surface area contributed by atoms with E-state index in [4.69, 9.17) is 11.6 Å². The van der Waals surface area contributed by atoms with Gasteiger partial charge in [0.1, 0.15) is 11.6 Å². The Hall–Kier alpha value is -1.33. The summed E-state index contributed by atoms with van der Waals surface area (Å²) in [4.78, 5) is 14.7. The van der Waals surface area contributed by atoms with Crippen molar-refractivity contribution < 1.29 is 0 Å². The molecule has 5 nitrogen and oxygen atoms in total. The van der Waals surface area contributed by atoms with E-state index in [0.717, 1.165) is 36.6 Å². The molecule has 2 heterocycles. The van der Waals surface area contributed by atoms with Gasteiger partial charge in [0.05, 0.1) is 12.2 Å². The third-order valence-corrected chi connectivity index (χ3v) is 3.01. The van der Waals surface area contributed by atoms with Gasteiger partial charge in [0.15, 0.2) is 5.15 Å². The maximum Gasteiger partial charge on any atom is 0.151 e. The van der Waals surface area contributed by atoms with Crippen LogP contribution in [0.15, 0.2) is 12.4 Å². The SMILES string of the molecule is CCCCc1nc(Cl)c(CNCc2ncc[nH]2)[nH]1. The Morgan fingerprint density at radius 2 is 2.22 bits per heavy atom. The first-order chi connectivity index (χ1) is 8.79. The summed E-state index contributed by atoms with van der Waals surface area (Å²) in [5.74, 6) is 1.88. The van der Waals surface area contributed by atoms with E-state index in [1.807, 2.05) is 6.20 Å². The number of nitrogens with one attached hydrogen (secondary N) is 3. The van der Waals surface area contributed by atoms with E-state index in [1.165, 1.54) is 0 Å². The molecule has 0 aliphatic carbocycles. The molecule has 0 saturated carbocycles. The third-order valence-electron chi connectivity index (χ3n) is 2.69. The van der Waals surface area contributed by atoms with E-state index in [9.17, 15) is 0 Å². The summed E-state index contributed by atoms with van der Waals surface area (Å²) >= 11 is 6.08. The third kappa shape index (κ3) is 3.58. The molecule has 2 aromatic heterocycles. The molecule has 18 heavy (non-hydrogen) atoms. The lowest BCUT2D eigenvalue weighted by atomic mass is 10.2. The molecule has 0 amide bonds. The number of unbranched alkanes of at least 4 members (excludes halogenated alkanes) is 1. The monoisotopic (exact) mass is 267 g/mol. The van der Waals surface area contributed by atoms with Gasteiger partial charge in [-0.25, -0.2) is 9.97 Å². The smallest absolute Gasteiger partial charge is 0.151 e. The molecule has 0 aromatic carbocycles. The molecule has 6 heteroatoms. The van der Waals surface area contributed by atoms with Crippen LogP contribution in [0.25, 0.3) is 0 Å². The van der Waals surface area contributed by atoms with Gasteiger partial charge in [0.25, 0.3) is 0 Å². The lowest BCUT2D eigenvalue weighted by Crippen LogP contribution is -2.14. The highest BCUT2D eigenvalue weighted by Crippen LogP contribution is 2.14. The van der Waals surface area contributed by atoms with Crippen molar-refractivity contribution in [2.75, 3.05) is 0 Å². The van der Waals surface area contributed by atoms with Gasteiger partial charge in [-0.1, -0.05) is 24.9 Å². The van der Waals surface area contributed by atoms with Crippen molar-refractivity contribution in [2.24, 2.45) is 0 Å². The van der Waals surface area contributed by atoms with Crippen LogP contribution in [0.3, 0.4) is 0 Å². The quantitative estimate of drug-likeness (QED) is 0.722. The van der Waals surface area contributed by atoms with Crippen molar-refractivity contribution >= 4 is 11.6 Å². The predicted octanol–water partition coefficient (Wildman–Crippen LogP) is 2.42. The Kier molecular flexibility index (Phi) is 4.78. The standard InChI is InChI=1S/C12H18ClN5/c1-2-3-4-10-17-9(12(13)18-10)7-14-8-11-15-5-6-16-11/h5-6,14H,2-4,7-8H2,1H3,(H,15,16)(H,17,18). The number of aromatic amines is 2. The van der Waals surface area contributed by atoms with Gasteiger partial charge in [-0.05, 0) is 6.42 Å². The van der Waals surface area contributed by atoms with Crippen LogP contribution in [-0.2, 0) is 19.5 Å². The minimum Gasteiger partial charge on any atom is -0.348 e. The van der Waals surface area contributed by atoms with E-state index < -0.39 is 0 Å². The Bertz CT molecular complexity index is 463. The van der Waals surface area contributed by atoms with Gasteiger partial charge in [-0.2, -0.15) is 0 Å². The molecule has 0 bridgehead atoms. The highest BCUT2D eigenvalue weighted by atomic mass is 35.5. The molecule has 2 rings (SSSR count). The van der Waals surface area contributed by atoms with Gasteiger partial charge in [-0.15, -0.1) is 0 Å². The molecule has 0 aliphatic heterocycles. The summed E-state index contributed by atoms with van der Waals surface area (Å²) in [6.45, 7) is 3.52. The number of aryl methyl sites for hydroxylation is 1. The molecular weight excluding hydrogens is 250 g/mol. The number of hydrogen-bond acceptors (Lipinski definition) is 3. The summed E-state index contributed by atoms with van der Waals surface area (Å²) in [5.41, 5.74) is 0.939. The Balaban J connectivity index is 1.83. The summed E-state index contributed by atoms with van der Waals surface area (Å²) in [7, 11) is 0. The largest absolute Gasteiger partial charge is 0.348 e. The molecule has 3 N–H and O–H groups in total. The van der Waals surface area contributed by atoms with Crippen LogP contribution in [0.1, 0.15) is 37.1 Å². The van der Waals surface area contributed by atoms with Crippen LogP contribution >= 0.6 is 11.6 Å². The van der Waals surface area contributed by atoms with E-state index in [1.54, 1.807) is 6.20 Å². The van der Waals surface area contributed by atoms with Crippen molar-refractivity contribution in [3.63, 3.8) is 0 Å². The van der Waals surface area contributed by atoms with Gasteiger partial charge < -0.3 is 15.3 Å². The molecule has 2 aromatic rings. The van der Waals surface area contributed by atoms with Crippen LogP contribution in [0, 0.1) is 0 Å². The van der Waals surface area contributed by atoms with Gasteiger partial charge in [0, 0.05) is 25.4 Å². The topological polar surface area (TPSA) is 69.4 Å². The minimum absolute atomic E-state index is 0.563. The molecule has 0 aliphatic rings. The number of aromatic nitrogens is 4. The molecule has 0 atom stereocenters. The fourth-order valence-electron chi connectivity index (χ4n) is 1.72. The normalized spacial score (nSPS) is 11.0. The second kappa shape index (κ2) is 6.56. The molecular formula is C12H18ClN5. The van der Waals surface area contributed by atoms with Crippen molar-refractivity contribution in [3.8, 4) is 0 Å². The minimum atomic E-state index is 0.563. The second-order valence-corrected chi connectivity index (χ2v) is 4.55. The van der Waals surface area contributed by atoms with E-state index in [0.29, 0.717) is 18.2 Å². The molecule has 0 spiro atoms. The fraction of sp³-hybridized carbons (Fsp3) is 0.500. The zero-order chi connectivity index (χ0) is 12.8. The van der Waals surface area contributed by atoms with Crippen molar-refractivity contribution in [1.82, 2.24) is 25.3 Å². The molecule has 98 valence electrons. The zero-order valence-electron chi connectivity index (χ0n) is 10.5. The number of halogens is 1. The average Bonchev–Trinajstić information content (AvgIpc) is 2.98. The molecule has 0 unspecified atom stereocenters. The number of nitrogens with zero attached hydrogens (tertiary/aromatic N) is 2. The fourth-order valence-corrected chi connectivity index (χ4v) is 1.94. The summed E-state index contributed by atoms with van der Waals surface area (Å²) in [5, 5.41) is 3.83. The van der Waals surface area contributed by atoms with Crippen molar-refractivity contribution in [2.45, 2.75) is 39.3 Å². The Labute approximate surface area is 111 Å². The average molecular weight is 268 g/mol. The first kappa shape index (κ1) is 13.1. The van der Waals surface area contributed by atoms with Gasteiger partial charge >= 0.3 is 0 Å². The van der Waals surface area contributed by atoms with Gasteiger partial charge in [0.2, 0.25) is 0 Å². The Morgan fingerprint density at radius 3 is 2.94 bits per heavy atom. The molecule has 0 saturated heterocycles. The number of H-pyrrole nitrogens is 2. The van der Waals surface area contributed by atoms with Crippen LogP contribution in [-0.4, -0.2) is 19.9 Å². The van der Waals surface area contributed by atoms with Crippen LogP contribution in [0.5, 0.6) is 0 Å². The van der Waals surface area contributed by atoms with Crippen LogP contribution < -0.4 is 5.32 Å². The van der Waals surface area contributed by atoms with Crippen molar-refractivity contribution in [1.29, 1.82) is 0 Å². The number of rotatable bonds is 7. The van der Waals surface area contributed by atoms with E-state index >= 15 is 0 Å². The first-order valence-corrected chi connectivity index (χ1v) is 6.59. The first-order valence-electron chi connectivity index (χ1n) is 6.21. The lowest BCUT2D eigenvalue weighted by molar-refractivity contribution is 0.657. The second-order valence-electron chi connectivity index (χ2n) is 4.20. The number of imidazole rings is 2. The lowest BCUT2D eigenvalue weighted by Gasteiger charge is -2.00. The highest BCUT2D eigenvalue weighted by molar-refractivity contribution is 6.30. The summed E-state index contributed by atoms with van der Waals surface area (Å²) in [6.07, 6.45) is 6.79. The summed E-state index contributed by atoms with van der Waals surface area (Å²) in [6, 6.07) is 0. The van der Waals surface area contributed by atoms with E-state index in [2.05, 4.69) is 32.2 Å². The zero-order valence-corrected chi connectivity index (χ0v) is 11.2. The maximum atomic E-state index is 6.08. The summed E-state index contributed by atoms with van der Waals surface area (Å²) < 4.78 is 0. The predicted molar refractivity (Wildman–Crippen MR) is 71.3 cm³/mol. The molecule has 0 fully saturated rings. The molecule has 0 radical (unpaired) electrons. The van der Waals surface area contributed by atoms with Gasteiger partial charge in [-0.3, -0.25) is 0 Å². The Morgan fingerprint density at radius 1 is 1.33 bits per heavy atom.